The molecule has 2 rings (SSSR count). The van der Waals surface area contributed by atoms with Crippen LogP contribution in [-0.2, 0) is 6.42 Å². The Kier molecular flexibility index (Phi) is 3.56. The van der Waals surface area contributed by atoms with Gasteiger partial charge in [-0.05, 0) is 23.8 Å². The van der Waals surface area contributed by atoms with E-state index < -0.39 is 6.10 Å². The molecule has 0 spiro atoms. The van der Waals surface area contributed by atoms with E-state index in [1.165, 1.54) is 6.20 Å². The molecule has 88 valence electrons. The molecule has 0 aliphatic carbocycles. The van der Waals surface area contributed by atoms with Gasteiger partial charge in [-0.15, -0.1) is 0 Å². The Hall–Kier alpha value is -1.65. The zero-order valence-electron chi connectivity index (χ0n) is 9.05. The molecule has 1 atom stereocenters. The molecule has 2 heterocycles. The number of nitrogens with two attached hydrogens (primary N) is 1. The molecule has 0 bridgehead atoms. The second kappa shape index (κ2) is 5.12. The quantitative estimate of drug-likeness (QED) is 0.873. The lowest BCUT2D eigenvalue weighted by Gasteiger charge is -2.12. The maximum atomic E-state index is 10.1. The van der Waals surface area contributed by atoms with E-state index in [-0.39, 0.29) is 0 Å². The van der Waals surface area contributed by atoms with E-state index in [0.717, 1.165) is 5.56 Å². The summed E-state index contributed by atoms with van der Waals surface area (Å²) in [5.74, 6) is 0.302. The highest BCUT2D eigenvalue weighted by atomic mass is 35.5. The van der Waals surface area contributed by atoms with Crippen LogP contribution in [0.3, 0.4) is 0 Å². The van der Waals surface area contributed by atoms with Crippen molar-refractivity contribution in [3.63, 3.8) is 0 Å². The van der Waals surface area contributed by atoms with Gasteiger partial charge >= 0.3 is 0 Å². The highest BCUT2D eigenvalue weighted by Gasteiger charge is 2.13. The molecule has 2 aromatic heterocycles. The van der Waals surface area contributed by atoms with Crippen molar-refractivity contribution in [3.8, 4) is 0 Å². The fourth-order valence-electron chi connectivity index (χ4n) is 1.58. The molecule has 1 unspecified atom stereocenters. The molecule has 0 saturated carbocycles. The summed E-state index contributed by atoms with van der Waals surface area (Å²) in [6, 6.07) is 5.32. The number of aliphatic hydroxyl groups excluding tert-OH is 1. The minimum absolute atomic E-state index is 0.302. The van der Waals surface area contributed by atoms with E-state index in [4.69, 9.17) is 17.3 Å². The summed E-state index contributed by atoms with van der Waals surface area (Å²) in [5, 5.41) is 10.5. The Labute approximate surface area is 104 Å². The van der Waals surface area contributed by atoms with Gasteiger partial charge in [0.05, 0.1) is 11.1 Å². The number of rotatable bonds is 3. The highest BCUT2D eigenvalue weighted by molar-refractivity contribution is 6.30. The zero-order chi connectivity index (χ0) is 12.3. The van der Waals surface area contributed by atoms with Gasteiger partial charge in [0.15, 0.2) is 0 Å². The number of aliphatic hydroxyl groups is 1. The van der Waals surface area contributed by atoms with Gasteiger partial charge in [-0.3, -0.25) is 4.98 Å². The van der Waals surface area contributed by atoms with Crippen molar-refractivity contribution in [1.29, 1.82) is 0 Å². The first-order chi connectivity index (χ1) is 8.16. The summed E-state index contributed by atoms with van der Waals surface area (Å²) in [6.07, 6.45) is 4.56. The Morgan fingerprint density at radius 3 is 2.76 bits per heavy atom. The molecular formula is C12H12ClN3O. The topological polar surface area (TPSA) is 72.0 Å². The van der Waals surface area contributed by atoms with E-state index in [9.17, 15) is 5.11 Å². The SMILES string of the molecule is Nc1ncc(Cl)cc1C(O)Cc1ccncc1. The van der Waals surface area contributed by atoms with Gasteiger partial charge in [0.1, 0.15) is 5.82 Å². The summed E-state index contributed by atoms with van der Waals surface area (Å²) in [5.41, 5.74) is 7.23. The third-order valence-corrected chi connectivity index (χ3v) is 2.66. The lowest BCUT2D eigenvalue weighted by atomic mass is 10.0. The second-order valence-corrected chi connectivity index (χ2v) is 4.14. The van der Waals surface area contributed by atoms with Crippen LogP contribution in [0.25, 0.3) is 0 Å². The number of nitrogens with zero attached hydrogens (tertiary/aromatic N) is 2. The molecule has 0 aromatic carbocycles. The second-order valence-electron chi connectivity index (χ2n) is 3.70. The van der Waals surface area contributed by atoms with Crippen LogP contribution in [0, 0.1) is 0 Å². The van der Waals surface area contributed by atoms with Crippen LogP contribution in [-0.4, -0.2) is 15.1 Å². The highest BCUT2D eigenvalue weighted by Crippen LogP contribution is 2.24. The molecule has 0 radical (unpaired) electrons. The number of hydrogen-bond acceptors (Lipinski definition) is 4. The van der Waals surface area contributed by atoms with Crippen molar-refractivity contribution in [2.45, 2.75) is 12.5 Å². The standard InChI is InChI=1S/C12H12ClN3O/c13-9-6-10(12(14)16-7-9)11(17)5-8-1-3-15-4-2-8/h1-4,6-7,11,17H,5H2,(H2,14,16). The van der Waals surface area contributed by atoms with Gasteiger partial charge in [-0.1, -0.05) is 11.6 Å². The molecule has 0 aliphatic rings. The van der Waals surface area contributed by atoms with Crippen molar-refractivity contribution < 1.29 is 5.11 Å². The summed E-state index contributed by atoms with van der Waals surface area (Å²) < 4.78 is 0. The van der Waals surface area contributed by atoms with Gasteiger partial charge in [-0.25, -0.2) is 4.98 Å². The first-order valence-electron chi connectivity index (χ1n) is 5.14. The Morgan fingerprint density at radius 2 is 2.06 bits per heavy atom. The van der Waals surface area contributed by atoms with Crippen molar-refractivity contribution in [2.24, 2.45) is 0 Å². The predicted octanol–water partition coefficient (Wildman–Crippen LogP) is 1.99. The number of anilines is 1. The molecule has 2 aromatic rings. The minimum atomic E-state index is -0.719. The number of nitrogen functional groups attached to an aromatic ring is 1. The van der Waals surface area contributed by atoms with Gasteiger partial charge < -0.3 is 10.8 Å². The van der Waals surface area contributed by atoms with E-state index in [2.05, 4.69) is 9.97 Å². The average Bonchev–Trinajstić information content (AvgIpc) is 2.33. The van der Waals surface area contributed by atoms with E-state index in [0.29, 0.717) is 22.8 Å². The molecule has 0 saturated heterocycles. The van der Waals surface area contributed by atoms with Crippen LogP contribution in [0.5, 0.6) is 0 Å². The van der Waals surface area contributed by atoms with Crippen molar-refractivity contribution in [3.05, 3.63) is 52.9 Å². The molecule has 0 aliphatic heterocycles. The van der Waals surface area contributed by atoms with E-state index in [1.54, 1.807) is 18.5 Å². The van der Waals surface area contributed by atoms with Crippen molar-refractivity contribution in [2.75, 3.05) is 5.73 Å². The third-order valence-electron chi connectivity index (χ3n) is 2.45. The first-order valence-corrected chi connectivity index (χ1v) is 5.52. The lowest BCUT2D eigenvalue weighted by Crippen LogP contribution is -2.06. The average molecular weight is 250 g/mol. The van der Waals surface area contributed by atoms with Crippen LogP contribution in [0.4, 0.5) is 5.82 Å². The summed E-state index contributed by atoms with van der Waals surface area (Å²) in [4.78, 5) is 7.83. The van der Waals surface area contributed by atoms with Crippen LogP contribution < -0.4 is 5.73 Å². The molecule has 5 heteroatoms. The molecule has 3 N–H and O–H groups in total. The first kappa shape index (κ1) is 11.8. The van der Waals surface area contributed by atoms with Gasteiger partial charge in [0, 0.05) is 30.6 Å². The summed E-state index contributed by atoms with van der Waals surface area (Å²) in [6.45, 7) is 0. The van der Waals surface area contributed by atoms with E-state index in [1.807, 2.05) is 12.1 Å². The monoisotopic (exact) mass is 249 g/mol. The fourth-order valence-corrected chi connectivity index (χ4v) is 1.75. The number of pyridine rings is 2. The fraction of sp³-hybridized carbons (Fsp3) is 0.167. The van der Waals surface area contributed by atoms with Gasteiger partial charge in [0.25, 0.3) is 0 Å². The number of halogens is 1. The van der Waals surface area contributed by atoms with Crippen molar-refractivity contribution >= 4 is 17.4 Å². The maximum Gasteiger partial charge on any atom is 0.129 e. The summed E-state index contributed by atoms with van der Waals surface area (Å²) >= 11 is 5.82. The molecular weight excluding hydrogens is 238 g/mol. The van der Waals surface area contributed by atoms with Gasteiger partial charge in [0.2, 0.25) is 0 Å². The zero-order valence-corrected chi connectivity index (χ0v) is 9.80. The molecule has 17 heavy (non-hydrogen) atoms. The Morgan fingerprint density at radius 1 is 1.35 bits per heavy atom. The Bertz CT molecular complexity index is 504. The smallest absolute Gasteiger partial charge is 0.129 e. The third kappa shape index (κ3) is 2.93. The lowest BCUT2D eigenvalue weighted by molar-refractivity contribution is 0.179. The normalized spacial score (nSPS) is 12.4. The molecule has 0 fully saturated rings. The predicted molar refractivity (Wildman–Crippen MR) is 66.6 cm³/mol. The molecule has 4 nitrogen and oxygen atoms in total. The molecule has 0 amide bonds. The van der Waals surface area contributed by atoms with Gasteiger partial charge in [-0.2, -0.15) is 0 Å². The maximum absolute atomic E-state index is 10.1. The van der Waals surface area contributed by atoms with Crippen molar-refractivity contribution in [1.82, 2.24) is 9.97 Å². The number of aromatic nitrogens is 2. The number of hydrogen-bond donors (Lipinski definition) is 2. The van der Waals surface area contributed by atoms with Crippen LogP contribution in [0.2, 0.25) is 5.02 Å². The van der Waals surface area contributed by atoms with Crippen LogP contribution >= 0.6 is 11.6 Å². The van der Waals surface area contributed by atoms with E-state index >= 15 is 0 Å². The summed E-state index contributed by atoms with van der Waals surface area (Å²) in [7, 11) is 0. The van der Waals surface area contributed by atoms with Crippen LogP contribution in [0.15, 0.2) is 36.8 Å². The largest absolute Gasteiger partial charge is 0.388 e. The minimum Gasteiger partial charge on any atom is -0.388 e. The Balaban J connectivity index is 2.20. The van der Waals surface area contributed by atoms with Crippen LogP contribution in [0.1, 0.15) is 17.2 Å².